The number of aromatic nitrogens is 4. The van der Waals surface area contributed by atoms with Gasteiger partial charge in [-0.1, -0.05) is 158 Å². The van der Waals surface area contributed by atoms with Crippen molar-refractivity contribution in [1.29, 1.82) is 0 Å². The van der Waals surface area contributed by atoms with Crippen molar-refractivity contribution in [2.24, 2.45) is 0 Å². The van der Waals surface area contributed by atoms with Crippen LogP contribution in [0.4, 0.5) is 0 Å². The molecule has 0 N–H and O–H groups in total. The van der Waals surface area contributed by atoms with Crippen molar-refractivity contribution in [2.75, 3.05) is 0 Å². The molecule has 0 saturated carbocycles. The summed E-state index contributed by atoms with van der Waals surface area (Å²) in [4.78, 5) is 15.4. The highest BCUT2D eigenvalue weighted by Crippen LogP contribution is 2.40. The summed E-state index contributed by atoms with van der Waals surface area (Å²) in [7, 11) is 0. The molecule has 0 aliphatic rings. The topological polar surface area (TPSA) is 56.7 Å². The lowest BCUT2D eigenvalue weighted by atomic mass is 10.0. The summed E-state index contributed by atoms with van der Waals surface area (Å²) >= 11 is 0. The summed E-state index contributed by atoms with van der Waals surface area (Å²) in [5.74, 6) is 1.81. The van der Waals surface area contributed by atoms with Gasteiger partial charge in [-0.05, 0) is 92.0 Å². The summed E-state index contributed by atoms with van der Waals surface area (Å²) in [6.07, 6.45) is 0. The van der Waals surface area contributed by atoms with Gasteiger partial charge >= 0.3 is 0 Å². The molecule has 5 heteroatoms. The van der Waals surface area contributed by atoms with Gasteiger partial charge in [0.2, 0.25) is 0 Å². The molecule has 288 valence electrons. The van der Waals surface area contributed by atoms with Gasteiger partial charge in [0.25, 0.3) is 0 Å². The first kappa shape index (κ1) is 34.5. The molecule has 10 aromatic carbocycles. The molecule has 0 amide bonds. The maximum absolute atomic E-state index is 6.71. The number of furan rings is 1. The van der Waals surface area contributed by atoms with Crippen LogP contribution in [0.25, 0.3) is 127 Å². The highest BCUT2D eigenvalue weighted by atomic mass is 16.3. The summed E-state index contributed by atoms with van der Waals surface area (Å²) in [5, 5.41) is 11.6. The van der Waals surface area contributed by atoms with Crippen LogP contribution in [0.1, 0.15) is 0 Å². The van der Waals surface area contributed by atoms with Crippen molar-refractivity contribution in [3.63, 3.8) is 0 Å². The van der Waals surface area contributed by atoms with E-state index in [2.05, 4.69) is 205 Å². The number of fused-ring (bicyclic) bond motifs is 10. The van der Waals surface area contributed by atoms with Gasteiger partial charge in [-0.3, -0.25) is 0 Å². The van der Waals surface area contributed by atoms with E-state index in [0.29, 0.717) is 17.5 Å². The minimum Gasteiger partial charge on any atom is -0.456 e. The second-order valence-corrected chi connectivity index (χ2v) is 16.0. The van der Waals surface area contributed by atoms with E-state index in [1.54, 1.807) is 0 Å². The highest BCUT2D eigenvalue weighted by Gasteiger charge is 2.19. The zero-order valence-electron chi connectivity index (χ0n) is 33.3. The van der Waals surface area contributed by atoms with Crippen LogP contribution >= 0.6 is 0 Å². The largest absolute Gasteiger partial charge is 0.456 e. The smallest absolute Gasteiger partial charge is 0.164 e. The Labute approximate surface area is 355 Å². The van der Waals surface area contributed by atoms with Gasteiger partial charge in [0.05, 0.1) is 11.0 Å². The minimum absolute atomic E-state index is 0.582. The van der Waals surface area contributed by atoms with Gasteiger partial charge in [0, 0.05) is 43.9 Å². The normalized spacial score (nSPS) is 11.9. The molecule has 3 heterocycles. The quantitative estimate of drug-likeness (QED) is 0.174. The Morgan fingerprint density at radius 1 is 0.323 bits per heavy atom. The van der Waals surface area contributed by atoms with E-state index in [4.69, 9.17) is 19.4 Å². The molecular formula is C57H34N4O. The lowest BCUT2D eigenvalue weighted by Gasteiger charge is -2.11. The van der Waals surface area contributed by atoms with Crippen LogP contribution in [0, 0.1) is 0 Å². The molecule has 0 spiro atoms. The predicted molar refractivity (Wildman–Crippen MR) is 256 cm³/mol. The van der Waals surface area contributed by atoms with Crippen molar-refractivity contribution in [3.05, 3.63) is 206 Å². The first-order chi connectivity index (χ1) is 30.7. The van der Waals surface area contributed by atoms with Crippen LogP contribution < -0.4 is 0 Å². The fraction of sp³-hybridized carbons (Fsp3) is 0. The SMILES string of the molecule is c1ccc(-c2ccc(-c3nc(-c4ccc5c(c4)oc4ccc6ccc(-n7c8ccccc8c8cc9ccccc9cc87)cc6c45)nc(-c4cccc5ccccc45)n3)cc2)cc1. The highest BCUT2D eigenvalue weighted by molar-refractivity contribution is 6.20. The molecule has 0 aliphatic heterocycles. The lowest BCUT2D eigenvalue weighted by molar-refractivity contribution is 0.669. The fourth-order valence-electron chi connectivity index (χ4n) is 9.41. The Balaban J connectivity index is 0.973. The molecule has 0 fully saturated rings. The van der Waals surface area contributed by atoms with Crippen LogP contribution in [0.3, 0.4) is 0 Å². The van der Waals surface area contributed by atoms with E-state index < -0.39 is 0 Å². The van der Waals surface area contributed by atoms with E-state index in [0.717, 1.165) is 77.0 Å². The second kappa shape index (κ2) is 13.6. The molecule has 0 saturated heterocycles. The van der Waals surface area contributed by atoms with Crippen molar-refractivity contribution in [2.45, 2.75) is 0 Å². The molecule has 0 atom stereocenters. The third-order valence-electron chi connectivity index (χ3n) is 12.4. The average molecular weight is 791 g/mol. The average Bonchev–Trinajstić information content (AvgIpc) is 3.88. The molecule has 13 rings (SSSR count). The third kappa shape index (κ3) is 5.45. The Hall–Kier alpha value is -8.41. The molecule has 0 aliphatic carbocycles. The maximum Gasteiger partial charge on any atom is 0.164 e. The van der Waals surface area contributed by atoms with Gasteiger partial charge in [-0.2, -0.15) is 0 Å². The number of para-hydroxylation sites is 1. The molecular weight excluding hydrogens is 757 g/mol. The summed E-state index contributed by atoms with van der Waals surface area (Å²) in [5.41, 5.74) is 10.1. The molecule has 13 aromatic rings. The predicted octanol–water partition coefficient (Wildman–Crippen LogP) is 15.0. The minimum atomic E-state index is 0.582. The zero-order chi connectivity index (χ0) is 40.7. The molecule has 0 unspecified atom stereocenters. The van der Waals surface area contributed by atoms with Gasteiger partial charge in [0.1, 0.15) is 11.2 Å². The summed E-state index contributed by atoms with van der Waals surface area (Å²) in [6.45, 7) is 0. The summed E-state index contributed by atoms with van der Waals surface area (Å²) < 4.78 is 9.11. The first-order valence-electron chi connectivity index (χ1n) is 20.9. The van der Waals surface area contributed by atoms with E-state index in [1.165, 1.54) is 32.6 Å². The second-order valence-electron chi connectivity index (χ2n) is 16.0. The van der Waals surface area contributed by atoms with Crippen LogP contribution in [0.15, 0.2) is 211 Å². The van der Waals surface area contributed by atoms with Crippen LogP contribution in [-0.4, -0.2) is 19.5 Å². The van der Waals surface area contributed by atoms with Gasteiger partial charge in [0.15, 0.2) is 17.5 Å². The number of rotatable bonds is 5. The Morgan fingerprint density at radius 3 is 1.81 bits per heavy atom. The molecule has 62 heavy (non-hydrogen) atoms. The first-order valence-corrected chi connectivity index (χ1v) is 20.9. The number of nitrogens with zero attached hydrogens (tertiary/aromatic N) is 4. The summed E-state index contributed by atoms with van der Waals surface area (Å²) in [6, 6.07) is 72.8. The molecule has 0 radical (unpaired) electrons. The van der Waals surface area contributed by atoms with Crippen LogP contribution in [-0.2, 0) is 0 Å². The van der Waals surface area contributed by atoms with E-state index in [-0.39, 0.29) is 0 Å². The van der Waals surface area contributed by atoms with Crippen molar-refractivity contribution < 1.29 is 4.42 Å². The van der Waals surface area contributed by atoms with E-state index in [1.807, 2.05) is 6.07 Å². The van der Waals surface area contributed by atoms with Crippen molar-refractivity contribution in [3.8, 4) is 51.0 Å². The number of benzene rings is 10. The van der Waals surface area contributed by atoms with Crippen molar-refractivity contribution in [1.82, 2.24) is 19.5 Å². The van der Waals surface area contributed by atoms with E-state index >= 15 is 0 Å². The van der Waals surface area contributed by atoms with Crippen molar-refractivity contribution >= 4 is 76.1 Å². The standard InChI is InChI=1S/C57H34N4O/c1-2-11-35(12-3-1)36-21-23-39(24-22-36)55-58-56(60-57(59-55)46-19-10-16-37-13-6-7-17-44(37)46)42-26-29-47-53(33-42)62-52-30-27-38-25-28-43(34-48(38)54(47)52)61-50-20-9-8-18-45(50)49-31-40-14-4-5-15-41(40)32-51(49)61/h1-34H. The maximum atomic E-state index is 6.71. The third-order valence-corrected chi connectivity index (χ3v) is 12.4. The number of hydrogen-bond donors (Lipinski definition) is 0. The van der Waals surface area contributed by atoms with E-state index in [9.17, 15) is 0 Å². The molecule has 0 bridgehead atoms. The lowest BCUT2D eigenvalue weighted by Crippen LogP contribution is -2.00. The monoisotopic (exact) mass is 790 g/mol. The Morgan fingerprint density at radius 2 is 0.952 bits per heavy atom. The fourth-order valence-corrected chi connectivity index (χ4v) is 9.41. The van der Waals surface area contributed by atoms with Crippen LogP contribution in [0.5, 0.6) is 0 Å². The Bertz CT molecular complexity index is 3910. The van der Waals surface area contributed by atoms with Gasteiger partial charge in [-0.15, -0.1) is 0 Å². The molecule has 3 aromatic heterocycles. The number of hydrogen-bond acceptors (Lipinski definition) is 4. The molecule has 5 nitrogen and oxygen atoms in total. The van der Waals surface area contributed by atoms with Crippen LogP contribution in [0.2, 0.25) is 0 Å². The zero-order valence-corrected chi connectivity index (χ0v) is 33.3. The Kier molecular flexibility index (Phi) is 7.54. The van der Waals surface area contributed by atoms with Gasteiger partial charge < -0.3 is 8.98 Å². The van der Waals surface area contributed by atoms with Gasteiger partial charge in [-0.25, -0.2) is 15.0 Å².